The van der Waals surface area contributed by atoms with Gasteiger partial charge in [-0.25, -0.2) is 13.2 Å². The van der Waals surface area contributed by atoms with Gasteiger partial charge in [-0.05, 0) is 89.1 Å². The largest absolute Gasteiger partial charge is 1.00 e. The Morgan fingerprint density at radius 1 is 0.984 bits per heavy atom. The number of hydrogen-bond donors (Lipinski definition) is 7. The molecule has 2 aliphatic carbocycles. The molecule has 19 heteroatoms. The third-order valence-corrected chi connectivity index (χ3v) is 12.9. The molecule has 0 saturated heterocycles. The van der Waals surface area contributed by atoms with Crippen molar-refractivity contribution in [2.75, 3.05) is 32.8 Å². The lowest BCUT2D eigenvalue weighted by Crippen LogP contribution is -3.00. The van der Waals surface area contributed by atoms with Gasteiger partial charge >= 0.3 is 12.0 Å². The van der Waals surface area contributed by atoms with E-state index in [4.69, 9.17) is 30.9 Å². The molecule has 0 unspecified atom stereocenters. The lowest BCUT2D eigenvalue weighted by Gasteiger charge is -2.25. The van der Waals surface area contributed by atoms with Crippen molar-refractivity contribution in [1.29, 1.82) is 0 Å². The molecule has 2 aliphatic rings. The highest BCUT2D eigenvalue weighted by Gasteiger charge is 2.49. The molecule has 5 rings (SSSR count). The van der Waals surface area contributed by atoms with Crippen LogP contribution in [0.3, 0.4) is 0 Å². The van der Waals surface area contributed by atoms with Crippen LogP contribution in [0.1, 0.15) is 77.3 Å². The van der Waals surface area contributed by atoms with E-state index in [9.17, 15) is 38.4 Å². The van der Waals surface area contributed by atoms with E-state index >= 15 is 0 Å². The van der Waals surface area contributed by atoms with Crippen LogP contribution in [-0.4, -0.2) is 114 Å². The molecular formula is C43H60Cl2N4O12S. The summed E-state index contributed by atoms with van der Waals surface area (Å²) in [7, 11) is -3.95. The van der Waals surface area contributed by atoms with Crippen molar-refractivity contribution in [1.82, 2.24) is 14.9 Å². The van der Waals surface area contributed by atoms with E-state index in [1.54, 1.807) is 33.8 Å². The summed E-state index contributed by atoms with van der Waals surface area (Å²) < 4.78 is 49.6. The molecule has 0 spiro atoms. The number of ether oxygens (including phenoxy) is 3. The van der Waals surface area contributed by atoms with Crippen molar-refractivity contribution >= 4 is 33.6 Å². The van der Waals surface area contributed by atoms with Crippen molar-refractivity contribution < 1.29 is 74.7 Å². The zero-order valence-corrected chi connectivity index (χ0v) is 37.8. The van der Waals surface area contributed by atoms with Gasteiger partial charge < -0.3 is 62.8 Å². The van der Waals surface area contributed by atoms with Gasteiger partial charge in [0.05, 0.1) is 41.3 Å². The van der Waals surface area contributed by atoms with Gasteiger partial charge in [0.25, 0.3) is 6.73 Å². The second kappa shape index (κ2) is 22.3. The topological polar surface area (TPSA) is 228 Å². The van der Waals surface area contributed by atoms with Gasteiger partial charge in [0.2, 0.25) is 10.0 Å². The predicted octanol–water partition coefficient (Wildman–Crippen LogP) is 0.118. The molecule has 2 amide bonds. The summed E-state index contributed by atoms with van der Waals surface area (Å²) >= 11 is 6.67. The van der Waals surface area contributed by atoms with Gasteiger partial charge in [0.15, 0.2) is 12.4 Å². The van der Waals surface area contributed by atoms with Crippen LogP contribution in [0.15, 0.2) is 65.8 Å². The zero-order chi connectivity index (χ0) is 44.5. The molecule has 1 heterocycles. The van der Waals surface area contributed by atoms with E-state index in [-0.39, 0.29) is 62.3 Å². The number of nitrogens with one attached hydrogen (secondary N) is 2. The van der Waals surface area contributed by atoms with Crippen LogP contribution in [0.5, 0.6) is 5.75 Å². The second-order valence-electron chi connectivity index (χ2n) is 16.6. The summed E-state index contributed by atoms with van der Waals surface area (Å²) in [4.78, 5) is 24.9. The summed E-state index contributed by atoms with van der Waals surface area (Å²) in [5.41, 5.74) is 1.80. The first kappa shape index (κ1) is 51.0. The van der Waals surface area contributed by atoms with E-state index in [2.05, 4.69) is 10.6 Å². The van der Waals surface area contributed by atoms with E-state index in [1.807, 2.05) is 47.3 Å². The van der Waals surface area contributed by atoms with E-state index in [0.29, 0.717) is 36.3 Å². The maximum absolute atomic E-state index is 13.9. The van der Waals surface area contributed by atoms with Gasteiger partial charge in [0.1, 0.15) is 29.7 Å². The van der Waals surface area contributed by atoms with Gasteiger partial charge in [-0.3, -0.25) is 4.79 Å². The number of halogens is 2. The number of aromatic nitrogens is 1. The van der Waals surface area contributed by atoms with Gasteiger partial charge in [0, 0.05) is 48.4 Å². The quantitative estimate of drug-likeness (QED) is 0.0383. The lowest BCUT2D eigenvalue weighted by molar-refractivity contribution is -0.728. The van der Waals surface area contributed by atoms with Gasteiger partial charge in [-0.1, -0.05) is 36.7 Å². The number of amides is 2. The van der Waals surface area contributed by atoms with Crippen LogP contribution >= 0.6 is 11.6 Å². The van der Waals surface area contributed by atoms with Crippen molar-refractivity contribution in [2.45, 2.75) is 121 Å². The normalized spacial score (nSPS) is 16.7. The number of aliphatic hydroxyl groups excluding tert-OH is 5. The molecular weight excluding hydrogens is 867 g/mol. The Bertz CT molecular complexity index is 2080. The first-order valence-electron chi connectivity index (χ1n) is 20.6. The number of rotatable bonds is 23. The Hall–Kier alpha value is -3.62. The first-order valence-corrected chi connectivity index (χ1v) is 22.5. The maximum Gasteiger partial charge on any atom is 0.316 e. The number of esters is 1. The summed E-state index contributed by atoms with van der Waals surface area (Å²) in [6, 6.07) is 13.7. The molecule has 0 radical (unpaired) electrons. The average Bonchev–Trinajstić information content (AvgIpc) is 4.19. The molecule has 1 aromatic heterocycles. The number of carbonyl (C=O) groups is 2. The number of hydrogen-bond acceptors (Lipinski definition) is 12. The van der Waals surface area contributed by atoms with Crippen molar-refractivity contribution in [3.63, 3.8) is 0 Å². The van der Waals surface area contributed by atoms with Gasteiger partial charge in [-0.2, -0.15) is 8.87 Å². The molecule has 0 aliphatic heterocycles. The fourth-order valence-corrected chi connectivity index (χ4v) is 8.23. The molecule has 7 N–H and O–H groups in total. The third-order valence-electron chi connectivity index (χ3n) is 10.6. The van der Waals surface area contributed by atoms with Crippen molar-refractivity contribution in [3.8, 4) is 16.9 Å². The maximum atomic E-state index is 13.9. The summed E-state index contributed by atoms with van der Waals surface area (Å²) in [5.74, 6) is 0.441. The number of carbonyl (C=O) groups excluding carboxylic acids is 2. The number of pyridine rings is 1. The number of benzene rings is 2. The Labute approximate surface area is 374 Å². The molecule has 16 nitrogen and oxygen atoms in total. The molecule has 2 fully saturated rings. The number of nitrogens with zero attached hydrogens (tertiary/aromatic N) is 2. The van der Waals surface area contributed by atoms with Gasteiger partial charge in [-0.15, -0.1) is 0 Å². The molecule has 2 saturated carbocycles. The Morgan fingerprint density at radius 2 is 1.68 bits per heavy atom. The fourth-order valence-electron chi connectivity index (χ4n) is 6.52. The Kier molecular flexibility index (Phi) is 18.4. The van der Waals surface area contributed by atoms with Crippen LogP contribution in [0.4, 0.5) is 4.79 Å². The zero-order valence-electron chi connectivity index (χ0n) is 35.5. The minimum absolute atomic E-state index is 0. The SMILES string of the molecule is CCN(CCCCNC(=O)NC[C@H](O)[C@@H](O)[C@H](O)[C@H](O)CO)S(=O)(=O)c1ccc(Cl)c(COC2(c3c[n+](COC(=O)C(C)(C)C)ccc3-c3ccccc3OC3CC3)CC2)c1.[Cl-]. The van der Waals surface area contributed by atoms with Crippen LogP contribution in [-0.2, 0) is 43.2 Å². The lowest BCUT2D eigenvalue weighted by atomic mass is 9.96. The van der Waals surface area contributed by atoms with Crippen LogP contribution < -0.4 is 32.3 Å². The Morgan fingerprint density at radius 3 is 2.32 bits per heavy atom. The van der Waals surface area contributed by atoms with Crippen LogP contribution in [0.25, 0.3) is 11.1 Å². The summed E-state index contributed by atoms with van der Waals surface area (Å²) in [6.45, 7) is 6.45. The highest BCUT2D eigenvalue weighted by molar-refractivity contribution is 7.89. The third kappa shape index (κ3) is 13.5. The predicted molar refractivity (Wildman–Crippen MR) is 225 cm³/mol. The van der Waals surface area contributed by atoms with Crippen molar-refractivity contribution in [3.05, 3.63) is 77.1 Å². The fraction of sp³-hybridized carbons (Fsp3) is 0.558. The monoisotopic (exact) mass is 926 g/mol. The standard InChI is InChI=1S/C43H59ClN4O12S.ClH/c1-5-48(20-9-8-19-45-41(55)46-23-35(50)38(52)39(53)36(51)25-49)61(56,57)30-14-15-34(44)28(22-30)26-59-43(17-18-43)33-24-47(27-58-40(54)42(2,3)4)21-16-31(33)32-10-6-7-11-37(32)60-29-12-13-29;/h6-7,10-11,14-16,21-22,24,29,35-36,38-39,49-53H,5,8-9,12-13,17-20,23,25-27H2,1-4H3,(H-,45,46,55);1H/t35-,36+,38+,39+;/m0./s1. The molecule has 2 aromatic carbocycles. The minimum Gasteiger partial charge on any atom is -1.00 e. The second-order valence-corrected chi connectivity index (χ2v) is 18.9. The average molecular weight is 928 g/mol. The first-order chi connectivity index (χ1) is 28.9. The number of unbranched alkanes of at least 4 members (excludes halogenated alkanes) is 1. The highest BCUT2D eigenvalue weighted by Crippen LogP contribution is 2.53. The molecule has 3 aromatic rings. The highest BCUT2D eigenvalue weighted by atomic mass is 35.5. The summed E-state index contributed by atoms with van der Waals surface area (Å²) in [5, 5.41) is 53.3. The van der Waals surface area contributed by atoms with Crippen molar-refractivity contribution in [2.24, 2.45) is 5.41 Å². The van der Waals surface area contributed by atoms with E-state index in [1.165, 1.54) is 16.4 Å². The number of sulfonamides is 1. The molecule has 0 bridgehead atoms. The number of para-hydroxylation sites is 1. The van der Waals surface area contributed by atoms with Crippen LogP contribution in [0.2, 0.25) is 5.02 Å². The number of urea groups is 1. The molecule has 4 atom stereocenters. The smallest absolute Gasteiger partial charge is 0.316 e. The number of aliphatic hydroxyl groups is 5. The molecule has 344 valence electrons. The van der Waals surface area contributed by atoms with E-state index in [0.717, 1.165) is 35.3 Å². The minimum atomic E-state index is -3.95. The van der Waals surface area contributed by atoms with E-state index < -0.39 is 64.6 Å². The Balaban J connectivity index is 0.00000845. The summed E-state index contributed by atoms with van der Waals surface area (Å²) in [6.07, 6.45) is 1.32. The molecule has 62 heavy (non-hydrogen) atoms. The van der Waals surface area contributed by atoms with Crippen LogP contribution in [0, 0.1) is 5.41 Å².